The van der Waals surface area contributed by atoms with Crippen molar-refractivity contribution in [3.05, 3.63) is 65.0 Å². The molecule has 0 saturated carbocycles. The number of nitrogens with zero attached hydrogens (tertiary/aromatic N) is 3. The maximum Gasteiger partial charge on any atom is 0.241 e. The highest BCUT2D eigenvalue weighted by Gasteiger charge is 2.25. The molecule has 2 heterocycles. The number of methoxy groups -OCH3 is 1. The first-order valence-electron chi connectivity index (χ1n) is 11.3. The molecule has 0 atom stereocenters. The molecule has 7 nitrogen and oxygen atoms in total. The zero-order valence-corrected chi connectivity index (χ0v) is 19.6. The van der Waals surface area contributed by atoms with Crippen LogP contribution in [-0.4, -0.2) is 47.7 Å². The third kappa shape index (κ3) is 6.55. The van der Waals surface area contributed by atoms with Crippen LogP contribution in [0.15, 0.2) is 53.1 Å². The van der Waals surface area contributed by atoms with Crippen LogP contribution >= 0.6 is 11.6 Å². The first-order valence-corrected chi connectivity index (χ1v) is 11.7. The van der Waals surface area contributed by atoms with Gasteiger partial charge in [0, 0.05) is 23.0 Å². The van der Waals surface area contributed by atoms with Gasteiger partial charge in [-0.3, -0.25) is 9.69 Å². The lowest BCUT2D eigenvalue weighted by atomic mass is 9.96. The van der Waals surface area contributed by atoms with Crippen molar-refractivity contribution < 1.29 is 14.1 Å². The van der Waals surface area contributed by atoms with Crippen LogP contribution in [0.5, 0.6) is 5.75 Å². The van der Waals surface area contributed by atoms with Crippen molar-refractivity contribution in [3.8, 4) is 17.1 Å². The molecule has 0 unspecified atom stereocenters. The van der Waals surface area contributed by atoms with E-state index in [0.717, 1.165) is 55.1 Å². The summed E-state index contributed by atoms with van der Waals surface area (Å²) in [6.45, 7) is 2.96. The molecule has 0 radical (unpaired) electrons. The molecule has 1 N–H and O–H groups in total. The summed E-state index contributed by atoms with van der Waals surface area (Å²) >= 11 is 5.92. The van der Waals surface area contributed by atoms with Crippen molar-refractivity contribution in [2.24, 2.45) is 5.92 Å². The van der Waals surface area contributed by atoms with E-state index < -0.39 is 0 Å². The lowest BCUT2D eigenvalue weighted by molar-refractivity contribution is -0.126. The second-order valence-corrected chi connectivity index (χ2v) is 8.75. The first kappa shape index (κ1) is 23.3. The predicted molar refractivity (Wildman–Crippen MR) is 127 cm³/mol. The highest BCUT2D eigenvalue weighted by molar-refractivity contribution is 6.30. The fraction of sp³-hybridized carbons (Fsp3) is 0.400. The molecule has 4 rings (SSSR count). The molecule has 33 heavy (non-hydrogen) atoms. The molecule has 1 aliphatic heterocycles. The standard InChI is InChI=1S/C25H29ClN4O3/c1-32-22-10-6-19(7-11-22)24-28-23(33-29-24)17-30-15-12-20(13-16-30)25(31)27-14-2-3-18-4-8-21(26)9-5-18/h4-11,20H,2-3,12-17H2,1H3,(H,27,31). The Bertz CT molecular complexity index is 1030. The quantitative estimate of drug-likeness (QED) is 0.470. The number of aromatic nitrogens is 2. The summed E-state index contributed by atoms with van der Waals surface area (Å²) in [7, 11) is 1.64. The third-order valence-electron chi connectivity index (χ3n) is 5.99. The van der Waals surface area contributed by atoms with Gasteiger partial charge in [-0.05, 0) is 80.7 Å². The normalized spacial score (nSPS) is 14.8. The zero-order chi connectivity index (χ0) is 23.0. The van der Waals surface area contributed by atoms with Gasteiger partial charge < -0.3 is 14.6 Å². The summed E-state index contributed by atoms with van der Waals surface area (Å²) in [5.41, 5.74) is 2.12. The number of benzene rings is 2. The number of carbonyl (C=O) groups is 1. The van der Waals surface area contributed by atoms with Gasteiger partial charge in [-0.2, -0.15) is 4.98 Å². The average molecular weight is 469 g/mol. The van der Waals surface area contributed by atoms with Gasteiger partial charge in [-0.1, -0.05) is 28.9 Å². The van der Waals surface area contributed by atoms with Crippen molar-refractivity contribution in [2.45, 2.75) is 32.2 Å². The zero-order valence-electron chi connectivity index (χ0n) is 18.8. The second-order valence-electron chi connectivity index (χ2n) is 8.31. The number of amides is 1. The Morgan fingerprint density at radius 3 is 2.58 bits per heavy atom. The maximum absolute atomic E-state index is 12.5. The molecule has 1 amide bonds. The molecular weight excluding hydrogens is 440 g/mol. The fourth-order valence-corrected chi connectivity index (χ4v) is 4.15. The number of piperidine rings is 1. The van der Waals surface area contributed by atoms with E-state index in [1.54, 1.807) is 7.11 Å². The van der Waals surface area contributed by atoms with Gasteiger partial charge in [0.05, 0.1) is 13.7 Å². The molecule has 3 aromatic rings. The van der Waals surface area contributed by atoms with E-state index in [1.807, 2.05) is 48.5 Å². The van der Waals surface area contributed by atoms with E-state index in [9.17, 15) is 4.79 Å². The van der Waals surface area contributed by atoms with E-state index in [2.05, 4.69) is 20.4 Å². The van der Waals surface area contributed by atoms with E-state index in [1.165, 1.54) is 5.56 Å². The lowest BCUT2D eigenvalue weighted by Crippen LogP contribution is -2.40. The summed E-state index contributed by atoms with van der Waals surface area (Å²) in [5, 5.41) is 7.93. The molecule has 2 aromatic carbocycles. The van der Waals surface area contributed by atoms with Crippen molar-refractivity contribution in [1.29, 1.82) is 0 Å². The number of halogens is 1. The number of hydrogen-bond acceptors (Lipinski definition) is 6. The molecule has 1 aromatic heterocycles. The average Bonchev–Trinajstić information content (AvgIpc) is 3.32. The Balaban J connectivity index is 1.17. The van der Waals surface area contributed by atoms with Crippen LogP contribution in [0.25, 0.3) is 11.4 Å². The molecule has 1 fully saturated rings. The molecule has 174 valence electrons. The van der Waals surface area contributed by atoms with Crippen LogP contribution in [0, 0.1) is 5.92 Å². The number of nitrogens with one attached hydrogen (secondary N) is 1. The van der Waals surface area contributed by atoms with Crippen LogP contribution in [-0.2, 0) is 17.8 Å². The Morgan fingerprint density at radius 2 is 1.88 bits per heavy atom. The molecule has 8 heteroatoms. The molecule has 0 aliphatic carbocycles. The predicted octanol–water partition coefficient (Wildman–Crippen LogP) is 4.36. The van der Waals surface area contributed by atoms with Crippen molar-refractivity contribution in [1.82, 2.24) is 20.4 Å². The van der Waals surface area contributed by atoms with Crippen molar-refractivity contribution in [3.63, 3.8) is 0 Å². The Hall–Kier alpha value is -2.90. The topological polar surface area (TPSA) is 80.5 Å². The van der Waals surface area contributed by atoms with Crippen LogP contribution in [0.3, 0.4) is 0 Å². The second kappa shape index (κ2) is 11.3. The van der Waals surface area contributed by atoms with Gasteiger partial charge >= 0.3 is 0 Å². The third-order valence-corrected chi connectivity index (χ3v) is 6.24. The van der Waals surface area contributed by atoms with Gasteiger partial charge in [0.2, 0.25) is 17.6 Å². The fourth-order valence-electron chi connectivity index (χ4n) is 4.02. The maximum atomic E-state index is 12.5. The number of aryl methyl sites for hydroxylation is 1. The minimum atomic E-state index is 0.0642. The van der Waals surface area contributed by atoms with Gasteiger partial charge in [0.15, 0.2) is 0 Å². The van der Waals surface area contributed by atoms with E-state index in [4.69, 9.17) is 20.9 Å². The van der Waals surface area contributed by atoms with Crippen molar-refractivity contribution >= 4 is 17.5 Å². The summed E-state index contributed by atoms with van der Waals surface area (Å²) in [5.74, 6) is 2.17. The minimum Gasteiger partial charge on any atom is -0.497 e. The van der Waals surface area contributed by atoms with Gasteiger partial charge in [-0.25, -0.2) is 0 Å². The molecule has 1 aliphatic rings. The summed E-state index contributed by atoms with van der Waals surface area (Å²) in [4.78, 5) is 19.3. The van der Waals surface area contributed by atoms with E-state index in [0.29, 0.717) is 24.8 Å². The number of carbonyl (C=O) groups excluding carboxylic acids is 1. The number of ether oxygens (including phenoxy) is 1. The minimum absolute atomic E-state index is 0.0642. The number of likely N-dealkylation sites (tertiary alicyclic amines) is 1. The summed E-state index contributed by atoms with van der Waals surface area (Å²) < 4.78 is 10.6. The first-order chi connectivity index (χ1) is 16.1. The molecule has 0 bridgehead atoms. The summed E-state index contributed by atoms with van der Waals surface area (Å²) in [6.07, 6.45) is 3.52. The Kier molecular flexibility index (Phi) is 7.96. The highest BCUT2D eigenvalue weighted by Crippen LogP contribution is 2.22. The van der Waals surface area contributed by atoms with Gasteiger partial charge in [-0.15, -0.1) is 0 Å². The van der Waals surface area contributed by atoms with Gasteiger partial charge in [0.1, 0.15) is 5.75 Å². The smallest absolute Gasteiger partial charge is 0.241 e. The Morgan fingerprint density at radius 1 is 1.15 bits per heavy atom. The highest BCUT2D eigenvalue weighted by atomic mass is 35.5. The van der Waals surface area contributed by atoms with Crippen molar-refractivity contribution in [2.75, 3.05) is 26.7 Å². The van der Waals surface area contributed by atoms with E-state index in [-0.39, 0.29) is 11.8 Å². The van der Waals surface area contributed by atoms with Crippen LogP contribution < -0.4 is 10.1 Å². The van der Waals surface area contributed by atoms with Gasteiger partial charge in [0.25, 0.3) is 0 Å². The lowest BCUT2D eigenvalue weighted by Gasteiger charge is -2.30. The summed E-state index contributed by atoms with van der Waals surface area (Å²) in [6, 6.07) is 15.4. The number of hydrogen-bond donors (Lipinski definition) is 1. The largest absolute Gasteiger partial charge is 0.497 e. The van der Waals surface area contributed by atoms with Crippen LogP contribution in [0.4, 0.5) is 0 Å². The molecule has 0 spiro atoms. The SMILES string of the molecule is COc1ccc(-c2noc(CN3CCC(C(=O)NCCCc4ccc(Cl)cc4)CC3)n2)cc1. The van der Waals surface area contributed by atoms with E-state index >= 15 is 0 Å². The number of rotatable bonds is 9. The van der Waals surface area contributed by atoms with Crippen LogP contribution in [0.1, 0.15) is 30.7 Å². The van der Waals surface area contributed by atoms with Crippen LogP contribution in [0.2, 0.25) is 5.02 Å². The molecular formula is C25H29ClN4O3. The molecule has 1 saturated heterocycles. The Labute approximate surface area is 199 Å². The monoisotopic (exact) mass is 468 g/mol.